The summed E-state index contributed by atoms with van der Waals surface area (Å²) in [6, 6.07) is 6.28. The van der Waals surface area contributed by atoms with E-state index in [0.29, 0.717) is 24.9 Å². The first-order valence-electron chi connectivity index (χ1n) is 6.41. The molecule has 0 aliphatic heterocycles. The molecule has 1 aromatic heterocycles. The van der Waals surface area contributed by atoms with E-state index in [1.165, 1.54) is 12.1 Å². The number of hydrogen-bond donors (Lipinski definition) is 1. The third kappa shape index (κ3) is 3.20. The number of benzene rings is 1. The maximum absolute atomic E-state index is 13.0. The summed E-state index contributed by atoms with van der Waals surface area (Å²) in [6.07, 6.45) is 0. The van der Waals surface area contributed by atoms with Crippen LogP contribution in [0.3, 0.4) is 0 Å². The molecular weight excluding hydrogens is 261 g/mol. The smallest absolute Gasteiger partial charge is 0.252 e. The van der Waals surface area contributed by atoms with Crippen LogP contribution in [0, 0.1) is 5.82 Å². The number of hydrogen-bond acceptors (Lipinski definition) is 5. The van der Waals surface area contributed by atoms with Crippen LogP contribution in [-0.2, 0) is 16.8 Å². The Kier molecular flexibility index (Phi) is 4.46. The minimum atomic E-state index is -0.469. The molecule has 2 N–H and O–H groups in total. The van der Waals surface area contributed by atoms with Crippen LogP contribution in [0.2, 0.25) is 0 Å². The second-order valence-corrected chi connectivity index (χ2v) is 4.98. The Bertz CT molecular complexity index is 552. The Balaban J connectivity index is 2.15. The predicted octanol–water partition coefficient (Wildman–Crippen LogP) is 2.01. The van der Waals surface area contributed by atoms with Gasteiger partial charge in [0, 0.05) is 6.54 Å². The molecule has 0 aliphatic carbocycles. The fraction of sp³-hybridized carbons (Fsp3) is 0.429. The van der Waals surface area contributed by atoms with E-state index in [2.05, 4.69) is 10.1 Å². The van der Waals surface area contributed by atoms with Gasteiger partial charge < -0.3 is 15.0 Å². The molecule has 0 saturated carbocycles. The molecule has 0 saturated heterocycles. The van der Waals surface area contributed by atoms with Crippen LogP contribution in [0.25, 0.3) is 0 Å². The Morgan fingerprint density at radius 2 is 2.00 bits per heavy atom. The quantitative estimate of drug-likeness (QED) is 0.819. The molecule has 1 heterocycles. The van der Waals surface area contributed by atoms with E-state index in [1.807, 2.05) is 13.8 Å². The van der Waals surface area contributed by atoms with E-state index >= 15 is 0 Å². The Morgan fingerprint density at radius 3 is 2.65 bits per heavy atom. The predicted molar refractivity (Wildman–Crippen MR) is 71.5 cm³/mol. The van der Waals surface area contributed by atoms with Crippen LogP contribution in [0.5, 0.6) is 0 Å². The van der Waals surface area contributed by atoms with Gasteiger partial charge in [-0.15, -0.1) is 0 Å². The van der Waals surface area contributed by atoms with Crippen LogP contribution in [0.4, 0.5) is 4.39 Å². The van der Waals surface area contributed by atoms with Crippen molar-refractivity contribution < 1.29 is 13.7 Å². The molecule has 0 spiro atoms. The maximum atomic E-state index is 13.0. The van der Waals surface area contributed by atoms with Gasteiger partial charge in [-0.2, -0.15) is 4.98 Å². The highest BCUT2D eigenvalue weighted by atomic mass is 19.1. The van der Waals surface area contributed by atoms with Gasteiger partial charge in [-0.3, -0.25) is 0 Å². The zero-order valence-corrected chi connectivity index (χ0v) is 11.6. The van der Waals surface area contributed by atoms with E-state index in [4.69, 9.17) is 15.0 Å². The van der Waals surface area contributed by atoms with E-state index in [-0.39, 0.29) is 12.4 Å². The first-order valence-corrected chi connectivity index (χ1v) is 6.41. The molecule has 0 bridgehead atoms. The largest absolute Gasteiger partial charge is 0.370 e. The lowest BCUT2D eigenvalue weighted by molar-refractivity contribution is 0.104. The van der Waals surface area contributed by atoms with Crippen molar-refractivity contribution in [1.29, 1.82) is 0 Å². The standard InChI is InChI=1S/C14H18FN3O2/c1-14(2,10-3-5-11(15)6-4-10)13-17-12(20-18-13)9-19-8-7-16/h3-6H,7-9,16H2,1-2H3. The minimum Gasteiger partial charge on any atom is -0.370 e. The summed E-state index contributed by atoms with van der Waals surface area (Å²) in [6.45, 7) is 5.04. The Hall–Kier alpha value is -1.79. The number of halogens is 1. The molecule has 2 rings (SSSR count). The van der Waals surface area contributed by atoms with E-state index in [9.17, 15) is 4.39 Å². The average Bonchev–Trinajstić information content (AvgIpc) is 2.89. The zero-order valence-electron chi connectivity index (χ0n) is 11.6. The molecule has 5 nitrogen and oxygen atoms in total. The molecular formula is C14H18FN3O2. The van der Waals surface area contributed by atoms with Crippen molar-refractivity contribution in [2.75, 3.05) is 13.2 Å². The van der Waals surface area contributed by atoms with Gasteiger partial charge in [-0.05, 0) is 31.5 Å². The fourth-order valence-electron chi connectivity index (χ4n) is 1.81. The minimum absolute atomic E-state index is 0.240. The zero-order chi connectivity index (χ0) is 14.6. The highest BCUT2D eigenvalue weighted by Gasteiger charge is 2.29. The summed E-state index contributed by atoms with van der Waals surface area (Å²) < 4.78 is 23.4. The second kappa shape index (κ2) is 6.11. The highest BCUT2D eigenvalue weighted by molar-refractivity contribution is 5.30. The molecule has 1 aromatic carbocycles. The van der Waals surface area contributed by atoms with Gasteiger partial charge in [-0.1, -0.05) is 17.3 Å². The Labute approximate surface area is 116 Å². The summed E-state index contributed by atoms with van der Waals surface area (Å²) in [4.78, 5) is 4.32. The van der Waals surface area contributed by atoms with E-state index < -0.39 is 5.41 Å². The molecule has 0 atom stereocenters. The van der Waals surface area contributed by atoms with Crippen LogP contribution in [0.1, 0.15) is 31.1 Å². The van der Waals surface area contributed by atoms with E-state index in [0.717, 1.165) is 5.56 Å². The third-order valence-electron chi connectivity index (χ3n) is 3.08. The third-order valence-corrected chi connectivity index (χ3v) is 3.08. The van der Waals surface area contributed by atoms with Crippen molar-refractivity contribution in [2.24, 2.45) is 5.73 Å². The maximum Gasteiger partial charge on any atom is 0.252 e. The van der Waals surface area contributed by atoms with Crippen molar-refractivity contribution >= 4 is 0 Å². The monoisotopic (exact) mass is 279 g/mol. The van der Waals surface area contributed by atoms with Gasteiger partial charge >= 0.3 is 0 Å². The van der Waals surface area contributed by atoms with Gasteiger partial charge in [0.15, 0.2) is 5.82 Å². The molecule has 20 heavy (non-hydrogen) atoms. The summed E-state index contributed by atoms with van der Waals surface area (Å²) >= 11 is 0. The SMILES string of the molecule is CC(C)(c1ccc(F)cc1)c1noc(COCCN)n1. The number of ether oxygens (including phenoxy) is 1. The normalized spacial score (nSPS) is 11.8. The van der Waals surface area contributed by atoms with E-state index in [1.54, 1.807) is 12.1 Å². The summed E-state index contributed by atoms with van der Waals surface area (Å²) in [7, 11) is 0. The van der Waals surface area contributed by atoms with Crippen molar-refractivity contribution in [3.63, 3.8) is 0 Å². The highest BCUT2D eigenvalue weighted by Crippen LogP contribution is 2.29. The second-order valence-electron chi connectivity index (χ2n) is 4.98. The van der Waals surface area contributed by atoms with Crippen LogP contribution < -0.4 is 5.73 Å². The van der Waals surface area contributed by atoms with Gasteiger partial charge in [0.2, 0.25) is 0 Å². The lowest BCUT2D eigenvalue weighted by Crippen LogP contribution is -2.20. The van der Waals surface area contributed by atoms with Crippen molar-refractivity contribution in [2.45, 2.75) is 25.9 Å². The number of nitrogens with two attached hydrogens (primary N) is 1. The van der Waals surface area contributed by atoms with Crippen molar-refractivity contribution in [3.05, 3.63) is 47.4 Å². The van der Waals surface area contributed by atoms with Gasteiger partial charge in [-0.25, -0.2) is 4.39 Å². The molecule has 0 aliphatic rings. The lowest BCUT2D eigenvalue weighted by Gasteiger charge is -2.20. The molecule has 2 aromatic rings. The molecule has 0 radical (unpaired) electrons. The number of rotatable bonds is 6. The average molecular weight is 279 g/mol. The molecule has 108 valence electrons. The van der Waals surface area contributed by atoms with Gasteiger partial charge in [0.05, 0.1) is 12.0 Å². The van der Waals surface area contributed by atoms with Crippen molar-refractivity contribution in [3.8, 4) is 0 Å². The molecule has 6 heteroatoms. The van der Waals surface area contributed by atoms with Crippen molar-refractivity contribution in [1.82, 2.24) is 10.1 Å². The number of nitrogens with zero attached hydrogens (tertiary/aromatic N) is 2. The van der Waals surface area contributed by atoms with Crippen LogP contribution in [-0.4, -0.2) is 23.3 Å². The number of aromatic nitrogens is 2. The lowest BCUT2D eigenvalue weighted by atomic mass is 9.84. The molecule has 0 unspecified atom stereocenters. The first-order chi connectivity index (χ1) is 9.54. The topological polar surface area (TPSA) is 74.2 Å². The first kappa shape index (κ1) is 14.6. The summed E-state index contributed by atoms with van der Waals surface area (Å²) in [5.41, 5.74) is 5.78. The van der Waals surface area contributed by atoms with Gasteiger partial charge in [0.25, 0.3) is 5.89 Å². The summed E-state index contributed by atoms with van der Waals surface area (Å²) in [5, 5.41) is 3.97. The van der Waals surface area contributed by atoms with Crippen LogP contribution in [0.15, 0.2) is 28.8 Å². The molecule has 0 amide bonds. The Morgan fingerprint density at radius 1 is 1.30 bits per heavy atom. The summed E-state index contributed by atoms with van der Waals surface area (Å²) in [5.74, 6) is 0.674. The van der Waals surface area contributed by atoms with Crippen LogP contribution >= 0.6 is 0 Å². The molecule has 0 fully saturated rings. The van der Waals surface area contributed by atoms with Gasteiger partial charge in [0.1, 0.15) is 12.4 Å². The fourth-order valence-corrected chi connectivity index (χ4v) is 1.81.